The lowest BCUT2D eigenvalue weighted by molar-refractivity contribution is 0.405. The van der Waals surface area contributed by atoms with Crippen LogP contribution in [-0.2, 0) is 10.8 Å². The van der Waals surface area contributed by atoms with Gasteiger partial charge in [0, 0.05) is 11.9 Å². The molecule has 1 unspecified atom stereocenters. The van der Waals surface area contributed by atoms with Crippen LogP contribution in [0.1, 0.15) is 18.4 Å². The monoisotopic (exact) mass is 238 g/mol. The number of aryl methyl sites for hydroxylation is 1. The number of hydrogen-bond acceptors (Lipinski definition) is 3. The SMILES string of the molecule is Cc1ccnc(S(=O)CC2CCNCC2)c1. The van der Waals surface area contributed by atoms with E-state index in [9.17, 15) is 4.21 Å². The van der Waals surface area contributed by atoms with E-state index in [1.54, 1.807) is 6.20 Å². The first-order valence-corrected chi connectivity index (χ1v) is 7.09. The Bertz CT molecular complexity index is 375. The summed E-state index contributed by atoms with van der Waals surface area (Å²) in [4.78, 5) is 4.19. The second-order valence-electron chi connectivity index (χ2n) is 4.38. The maximum atomic E-state index is 12.1. The van der Waals surface area contributed by atoms with Crippen LogP contribution >= 0.6 is 0 Å². The Balaban J connectivity index is 1.97. The molecule has 4 heteroatoms. The van der Waals surface area contributed by atoms with Crippen molar-refractivity contribution in [3.63, 3.8) is 0 Å². The molecule has 0 amide bonds. The van der Waals surface area contributed by atoms with Crippen LogP contribution in [0.5, 0.6) is 0 Å². The molecule has 0 spiro atoms. The van der Waals surface area contributed by atoms with E-state index in [4.69, 9.17) is 0 Å². The van der Waals surface area contributed by atoms with E-state index in [-0.39, 0.29) is 0 Å². The van der Waals surface area contributed by atoms with Crippen molar-refractivity contribution < 1.29 is 4.21 Å². The standard InChI is InChI=1S/C12H18N2OS/c1-10-2-7-14-12(8-10)16(15)9-11-3-5-13-6-4-11/h2,7-8,11,13H,3-6,9H2,1H3. The Morgan fingerprint density at radius 1 is 1.50 bits per heavy atom. The highest BCUT2D eigenvalue weighted by Crippen LogP contribution is 2.16. The molecule has 1 N–H and O–H groups in total. The summed E-state index contributed by atoms with van der Waals surface area (Å²) in [7, 11) is -0.930. The van der Waals surface area contributed by atoms with Crippen LogP contribution in [0.15, 0.2) is 23.4 Å². The van der Waals surface area contributed by atoms with Gasteiger partial charge in [-0.2, -0.15) is 0 Å². The second kappa shape index (κ2) is 5.55. The van der Waals surface area contributed by atoms with Crippen LogP contribution in [-0.4, -0.2) is 28.0 Å². The molecular formula is C12H18N2OS. The normalized spacial score (nSPS) is 19.6. The van der Waals surface area contributed by atoms with Crippen molar-refractivity contribution in [3.05, 3.63) is 23.9 Å². The topological polar surface area (TPSA) is 42.0 Å². The van der Waals surface area contributed by atoms with E-state index in [0.717, 1.165) is 42.3 Å². The number of nitrogens with zero attached hydrogens (tertiary/aromatic N) is 1. The van der Waals surface area contributed by atoms with Gasteiger partial charge in [-0.25, -0.2) is 4.98 Å². The van der Waals surface area contributed by atoms with Crippen molar-refractivity contribution in [3.8, 4) is 0 Å². The molecule has 2 rings (SSSR count). The third kappa shape index (κ3) is 3.12. The molecule has 1 aromatic rings. The van der Waals surface area contributed by atoms with Crippen LogP contribution in [0, 0.1) is 12.8 Å². The molecule has 1 aliphatic rings. The van der Waals surface area contributed by atoms with Gasteiger partial charge in [0.1, 0.15) is 5.03 Å². The molecule has 0 radical (unpaired) electrons. The summed E-state index contributed by atoms with van der Waals surface area (Å²) in [5.41, 5.74) is 1.13. The van der Waals surface area contributed by atoms with Crippen molar-refractivity contribution in [2.45, 2.75) is 24.8 Å². The molecule has 1 aliphatic heterocycles. The fraction of sp³-hybridized carbons (Fsp3) is 0.583. The second-order valence-corrected chi connectivity index (χ2v) is 5.82. The third-order valence-corrected chi connectivity index (χ3v) is 4.43. The summed E-state index contributed by atoms with van der Waals surface area (Å²) in [6, 6.07) is 3.86. The minimum Gasteiger partial charge on any atom is -0.317 e. The van der Waals surface area contributed by atoms with Crippen LogP contribution in [0.3, 0.4) is 0 Å². The van der Waals surface area contributed by atoms with E-state index < -0.39 is 10.8 Å². The van der Waals surface area contributed by atoms with Crippen LogP contribution in [0.2, 0.25) is 0 Å². The predicted molar refractivity (Wildman–Crippen MR) is 65.8 cm³/mol. The van der Waals surface area contributed by atoms with Crippen molar-refractivity contribution in [2.24, 2.45) is 5.92 Å². The molecule has 0 aromatic carbocycles. The quantitative estimate of drug-likeness (QED) is 0.867. The van der Waals surface area contributed by atoms with Crippen LogP contribution in [0.4, 0.5) is 0 Å². The Hall–Kier alpha value is -0.740. The van der Waals surface area contributed by atoms with E-state index >= 15 is 0 Å². The summed E-state index contributed by atoms with van der Waals surface area (Å²) in [6.45, 7) is 4.12. The van der Waals surface area contributed by atoms with E-state index in [1.807, 2.05) is 19.1 Å². The number of hydrogen-bond donors (Lipinski definition) is 1. The number of rotatable bonds is 3. The fourth-order valence-electron chi connectivity index (χ4n) is 1.98. The molecule has 2 heterocycles. The van der Waals surface area contributed by atoms with Gasteiger partial charge >= 0.3 is 0 Å². The largest absolute Gasteiger partial charge is 0.317 e. The molecular weight excluding hydrogens is 220 g/mol. The minimum atomic E-state index is -0.930. The third-order valence-electron chi connectivity index (χ3n) is 2.97. The summed E-state index contributed by atoms with van der Waals surface area (Å²) in [5.74, 6) is 1.35. The number of pyridine rings is 1. The molecule has 88 valence electrons. The Labute approximate surface area is 99.1 Å². The van der Waals surface area contributed by atoms with Gasteiger partial charge in [0.15, 0.2) is 0 Å². The Morgan fingerprint density at radius 2 is 2.25 bits per heavy atom. The minimum absolute atomic E-state index is 0.587. The summed E-state index contributed by atoms with van der Waals surface area (Å²) in [6.07, 6.45) is 4.01. The van der Waals surface area contributed by atoms with Gasteiger partial charge in [0.25, 0.3) is 0 Å². The maximum Gasteiger partial charge on any atom is 0.127 e. The fourth-order valence-corrected chi connectivity index (χ4v) is 3.41. The van der Waals surface area contributed by atoms with Crippen molar-refractivity contribution in [1.29, 1.82) is 0 Å². The molecule has 1 saturated heterocycles. The van der Waals surface area contributed by atoms with Gasteiger partial charge in [-0.05, 0) is 56.5 Å². The summed E-state index contributed by atoms with van der Waals surface area (Å²) >= 11 is 0. The highest BCUT2D eigenvalue weighted by atomic mass is 32.2. The zero-order chi connectivity index (χ0) is 11.4. The average molecular weight is 238 g/mol. The molecule has 1 atom stereocenters. The molecule has 3 nitrogen and oxygen atoms in total. The highest BCUT2D eigenvalue weighted by molar-refractivity contribution is 7.84. The van der Waals surface area contributed by atoms with Crippen molar-refractivity contribution in [1.82, 2.24) is 10.3 Å². The zero-order valence-corrected chi connectivity index (χ0v) is 10.4. The summed E-state index contributed by atoms with van der Waals surface area (Å²) < 4.78 is 12.1. The Morgan fingerprint density at radius 3 is 2.94 bits per heavy atom. The van der Waals surface area contributed by atoms with E-state index in [1.165, 1.54) is 0 Å². The smallest absolute Gasteiger partial charge is 0.127 e. The molecule has 0 aliphatic carbocycles. The first-order valence-electron chi connectivity index (χ1n) is 5.77. The molecule has 1 fully saturated rings. The first kappa shape index (κ1) is 11.7. The van der Waals surface area contributed by atoms with Gasteiger partial charge < -0.3 is 5.32 Å². The molecule has 16 heavy (non-hydrogen) atoms. The van der Waals surface area contributed by atoms with Gasteiger partial charge in [0.05, 0.1) is 10.8 Å². The molecule has 0 bridgehead atoms. The zero-order valence-electron chi connectivity index (χ0n) is 9.61. The van der Waals surface area contributed by atoms with Gasteiger partial charge in [0.2, 0.25) is 0 Å². The lowest BCUT2D eigenvalue weighted by Gasteiger charge is -2.21. The van der Waals surface area contributed by atoms with Gasteiger partial charge in [-0.15, -0.1) is 0 Å². The maximum absolute atomic E-state index is 12.1. The average Bonchev–Trinajstić information content (AvgIpc) is 2.30. The lowest BCUT2D eigenvalue weighted by Crippen LogP contribution is -2.30. The lowest BCUT2D eigenvalue weighted by atomic mass is 10.0. The molecule has 0 saturated carbocycles. The van der Waals surface area contributed by atoms with Gasteiger partial charge in [-0.1, -0.05) is 0 Å². The van der Waals surface area contributed by atoms with E-state index in [0.29, 0.717) is 5.92 Å². The highest BCUT2D eigenvalue weighted by Gasteiger charge is 2.17. The Kier molecular flexibility index (Phi) is 4.07. The predicted octanol–water partition coefficient (Wildman–Crippen LogP) is 1.50. The van der Waals surface area contributed by atoms with Crippen LogP contribution < -0.4 is 5.32 Å². The molecule has 1 aromatic heterocycles. The number of nitrogens with one attached hydrogen (secondary N) is 1. The van der Waals surface area contributed by atoms with Crippen molar-refractivity contribution in [2.75, 3.05) is 18.8 Å². The number of piperidine rings is 1. The van der Waals surface area contributed by atoms with E-state index in [2.05, 4.69) is 10.3 Å². The van der Waals surface area contributed by atoms with Crippen molar-refractivity contribution >= 4 is 10.8 Å². The van der Waals surface area contributed by atoms with Crippen LogP contribution in [0.25, 0.3) is 0 Å². The first-order chi connectivity index (χ1) is 7.75. The summed E-state index contributed by atoms with van der Waals surface area (Å²) in [5, 5.41) is 4.06. The number of aromatic nitrogens is 1. The van der Waals surface area contributed by atoms with Gasteiger partial charge in [-0.3, -0.25) is 4.21 Å².